The Morgan fingerprint density at radius 1 is 0.600 bits per heavy atom. The minimum Gasteiger partial charge on any atom is -0.236 e. The number of rotatable bonds is 3. The van der Waals surface area contributed by atoms with Gasteiger partial charge in [-0.25, -0.2) is 15.0 Å². The van der Waals surface area contributed by atoms with Crippen molar-refractivity contribution in [1.82, 2.24) is 15.0 Å². The first-order valence-corrected chi connectivity index (χ1v) is 11.3. The molecule has 6 rings (SSSR count). The zero-order valence-electron chi connectivity index (χ0n) is 15.8. The lowest BCUT2D eigenvalue weighted by atomic mass is 10.1. The molecule has 0 N–H and O–H groups in total. The maximum absolute atomic E-state index is 4.93. The summed E-state index contributed by atoms with van der Waals surface area (Å²) >= 11 is 3.37. The molecule has 0 spiro atoms. The molecule has 0 aliphatic heterocycles. The summed E-state index contributed by atoms with van der Waals surface area (Å²) < 4.78 is 1.21. The number of hydrogen-bond donors (Lipinski definition) is 0. The summed E-state index contributed by atoms with van der Waals surface area (Å²) in [5.41, 5.74) is 5.25. The normalized spacial score (nSPS) is 11.3. The molecule has 30 heavy (non-hydrogen) atoms. The Balaban J connectivity index is 1.45. The van der Waals surface area contributed by atoms with Crippen molar-refractivity contribution in [2.24, 2.45) is 0 Å². The third-order valence-corrected chi connectivity index (χ3v) is 6.95. The van der Waals surface area contributed by atoms with Crippen LogP contribution in [-0.4, -0.2) is 15.0 Å². The van der Waals surface area contributed by atoms with E-state index >= 15 is 0 Å². The minimum absolute atomic E-state index is 0.760. The van der Waals surface area contributed by atoms with Gasteiger partial charge in [-0.3, -0.25) is 0 Å². The van der Waals surface area contributed by atoms with Crippen LogP contribution in [0.5, 0.6) is 0 Å². The molecule has 3 aromatic carbocycles. The summed E-state index contributed by atoms with van der Waals surface area (Å²) in [7, 11) is 0. The highest BCUT2D eigenvalue weighted by molar-refractivity contribution is 7.21. The van der Waals surface area contributed by atoms with Gasteiger partial charge in [0.15, 0.2) is 5.82 Å². The van der Waals surface area contributed by atoms with Crippen molar-refractivity contribution < 1.29 is 0 Å². The first kappa shape index (κ1) is 17.4. The Labute approximate surface area is 181 Å². The molecule has 3 heterocycles. The van der Waals surface area contributed by atoms with Crippen molar-refractivity contribution in [3.63, 3.8) is 0 Å². The van der Waals surface area contributed by atoms with Crippen LogP contribution in [0.25, 0.3) is 53.6 Å². The van der Waals surface area contributed by atoms with E-state index in [1.165, 1.54) is 4.70 Å². The van der Waals surface area contributed by atoms with E-state index in [9.17, 15) is 0 Å². The number of benzene rings is 3. The van der Waals surface area contributed by atoms with E-state index in [4.69, 9.17) is 15.0 Å². The van der Waals surface area contributed by atoms with E-state index in [1.54, 1.807) is 22.7 Å². The minimum atomic E-state index is 0.760. The summed E-state index contributed by atoms with van der Waals surface area (Å²) in [6, 6.07) is 29.0. The molecule has 3 nitrogen and oxygen atoms in total. The first-order chi connectivity index (χ1) is 14.8. The molecule has 0 unspecified atom stereocenters. The van der Waals surface area contributed by atoms with Gasteiger partial charge in [0, 0.05) is 22.1 Å². The summed E-state index contributed by atoms with van der Waals surface area (Å²) in [5.74, 6) is 0.760. The third-order valence-electron chi connectivity index (χ3n) is 5.06. The summed E-state index contributed by atoms with van der Waals surface area (Å²) in [6.45, 7) is 0. The Hall–Kier alpha value is -3.41. The summed E-state index contributed by atoms with van der Waals surface area (Å²) in [4.78, 5) is 15.5. The van der Waals surface area contributed by atoms with E-state index in [-0.39, 0.29) is 0 Å². The molecule has 0 bridgehead atoms. The summed E-state index contributed by atoms with van der Waals surface area (Å²) in [5, 5.41) is 4.20. The van der Waals surface area contributed by atoms with Crippen molar-refractivity contribution in [1.29, 1.82) is 0 Å². The quantitative estimate of drug-likeness (QED) is 0.301. The van der Waals surface area contributed by atoms with Gasteiger partial charge >= 0.3 is 0 Å². The second kappa shape index (κ2) is 7.13. The van der Waals surface area contributed by atoms with Gasteiger partial charge in [0.2, 0.25) is 0 Å². The number of aromatic nitrogens is 3. The molecule has 0 amide bonds. The van der Waals surface area contributed by atoms with Crippen LogP contribution in [0.1, 0.15) is 0 Å². The zero-order valence-corrected chi connectivity index (χ0v) is 17.5. The molecular weight excluding hydrogens is 406 g/mol. The number of hydrogen-bond acceptors (Lipinski definition) is 5. The summed E-state index contributed by atoms with van der Waals surface area (Å²) in [6.07, 6.45) is 0. The number of fused-ring (bicyclic) bond motifs is 2. The third kappa shape index (κ3) is 3.00. The van der Waals surface area contributed by atoms with E-state index < -0.39 is 0 Å². The van der Waals surface area contributed by atoms with E-state index in [0.717, 1.165) is 48.9 Å². The molecule has 0 aliphatic carbocycles. The maximum Gasteiger partial charge on any atom is 0.161 e. The van der Waals surface area contributed by atoms with Gasteiger partial charge in [-0.1, -0.05) is 66.7 Å². The van der Waals surface area contributed by atoms with Crippen LogP contribution in [0.3, 0.4) is 0 Å². The molecule has 0 saturated heterocycles. The van der Waals surface area contributed by atoms with Gasteiger partial charge in [0.25, 0.3) is 0 Å². The molecule has 0 fully saturated rings. The van der Waals surface area contributed by atoms with Gasteiger partial charge in [0.1, 0.15) is 9.84 Å². The number of thiophene rings is 1. The standard InChI is InChI=1S/C25H15N3S2/c1-2-6-17(7-3-1)23-27-22(19-14-15-29-25(19)28-23)16-10-12-18(13-11-16)24-26-20-8-4-5-9-21(20)30-24/h1-15H. The average molecular weight is 422 g/mol. The van der Waals surface area contributed by atoms with E-state index in [0.29, 0.717) is 0 Å². The SMILES string of the molecule is c1ccc(-c2nc(-c3ccc(-c4nc5ccccc5s4)cc3)c3ccsc3n2)cc1. The lowest BCUT2D eigenvalue weighted by Crippen LogP contribution is -1.93. The largest absolute Gasteiger partial charge is 0.236 e. The molecule has 0 aliphatic rings. The Kier molecular flexibility index (Phi) is 4.15. The van der Waals surface area contributed by atoms with E-state index in [2.05, 4.69) is 66.0 Å². The molecule has 5 heteroatoms. The van der Waals surface area contributed by atoms with Crippen molar-refractivity contribution >= 4 is 43.1 Å². The molecule has 6 aromatic rings. The van der Waals surface area contributed by atoms with Crippen LogP contribution in [-0.2, 0) is 0 Å². The fraction of sp³-hybridized carbons (Fsp3) is 0. The average Bonchev–Trinajstić information content (AvgIpc) is 3.46. The molecular formula is C25H15N3S2. The van der Waals surface area contributed by atoms with Crippen LogP contribution >= 0.6 is 22.7 Å². The van der Waals surface area contributed by atoms with Crippen molar-refractivity contribution in [3.8, 4) is 33.2 Å². The topological polar surface area (TPSA) is 38.7 Å². The van der Waals surface area contributed by atoms with Gasteiger partial charge in [-0.05, 0) is 23.6 Å². The van der Waals surface area contributed by atoms with Gasteiger partial charge in [-0.2, -0.15) is 0 Å². The molecule has 0 saturated carbocycles. The predicted octanol–water partition coefficient (Wildman–Crippen LogP) is 7.30. The van der Waals surface area contributed by atoms with Gasteiger partial charge in [0.05, 0.1) is 15.9 Å². The van der Waals surface area contributed by atoms with E-state index in [1.807, 2.05) is 24.3 Å². The van der Waals surface area contributed by atoms with Crippen molar-refractivity contribution in [2.45, 2.75) is 0 Å². The zero-order chi connectivity index (χ0) is 19.9. The smallest absolute Gasteiger partial charge is 0.161 e. The van der Waals surface area contributed by atoms with Crippen LogP contribution in [0, 0.1) is 0 Å². The highest BCUT2D eigenvalue weighted by atomic mass is 32.1. The number of nitrogens with zero attached hydrogens (tertiary/aromatic N) is 3. The highest BCUT2D eigenvalue weighted by Crippen LogP contribution is 2.34. The molecule has 0 atom stereocenters. The second-order valence-corrected chi connectivity index (χ2v) is 8.89. The maximum atomic E-state index is 4.93. The van der Waals surface area contributed by atoms with Gasteiger partial charge < -0.3 is 0 Å². The van der Waals surface area contributed by atoms with Crippen LogP contribution in [0.4, 0.5) is 0 Å². The number of para-hydroxylation sites is 1. The Bertz CT molecular complexity index is 1450. The van der Waals surface area contributed by atoms with Crippen molar-refractivity contribution in [3.05, 3.63) is 90.3 Å². The Morgan fingerprint density at radius 2 is 1.37 bits per heavy atom. The molecule has 142 valence electrons. The fourth-order valence-electron chi connectivity index (χ4n) is 3.56. The monoisotopic (exact) mass is 421 g/mol. The molecule has 0 radical (unpaired) electrons. The lowest BCUT2D eigenvalue weighted by molar-refractivity contribution is 1.24. The predicted molar refractivity (Wildman–Crippen MR) is 127 cm³/mol. The fourth-order valence-corrected chi connectivity index (χ4v) is 5.29. The number of thiazole rings is 1. The first-order valence-electron chi connectivity index (χ1n) is 9.62. The van der Waals surface area contributed by atoms with Crippen LogP contribution in [0.15, 0.2) is 90.3 Å². The van der Waals surface area contributed by atoms with Crippen LogP contribution < -0.4 is 0 Å². The van der Waals surface area contributed by atoms with Gasteiger partial charge in [-0.15, -0.1) is 22.7 Å². The van der Waals surface area contributed by atoms with Crippen LogP contribution in [0.2, 0.25) is 0 Å². The molecule has 3 aromatic heterocycles. The lowest BCUT2D eigenvalue weighted by Gasteiger charge is -2.07. The highest BCUT2D eigenvalue weighted by Gasteiger charge is 2.13. The second-order valence-electron chi connectivity index (χ2n) is 6.97. The van der Waals surface area contributed by atoms with Crippen molar-refractivity contribution in [2.75, 3.05) is 0 Å². The Morgan fingerprint density at radius 3 is 2.20 bits per heavy atom.